The van der Waals surface area contributed by atoms with Crippen molar-refractivity contribution in [3.05, 3.63) is 28.2 Å². The molecule has 1 aromatic rings. The summed E-state index contributed by atoms with van der Waals surface area (Å²) in [6.07, 6.45) is 2.91. The monoisotopic (exact) mass is 330 g/mol. The summed E-state index contributed by atoms with van der Waals surface area (Å²) in [6, 6.07) is 6.37. The molecule has 1 rings (SSSR count). The van der Waals surface area contributed by atoms with E-state index in [1.54, 1.807) is 7.11 Å². The Bertz CT molecular complexity index is 374. The van der Waals surface area contributed by atoms with E-state index in [9.17, 15) is 0 Å². The number of hydrogen-bond acceptors (Lipinski definition) is 4. The summed E-state index contributed by atoms with van der Waals surface area (Å²) in [5.74, 6) is 6.45. The van der Waals surface area contributed by atoms with Gasteiger partial charge in [-0.1, -0.05) is 6.07 Å². The number of nitrogens with two attached hydrogens (primary N) is 1. The van der Waals surface area contributed by atoms with E-state index in [2.05, 4.69) is 33.5 Å². The molecular formula is C14H23BrN2O2. The molecule has 0 saturated heterocycles. The molecule has 0 heterocycles. The highest BCUT2D eigenvalue weighted by Crippen LogP contribution is 2.26. The van der Waals surface area contributed by atoms with Crippen LogP contribution in [0.4, 0.5) is 0 Å². The van der Waals surface area contributed by atoms with E-state index < -0.39 is 0 Å². The maximum absolute atomic E-state index is 5.60. The lowest BCUT2D eigenvalue weighted by molar-refractivity contribution is 0.140. The molecule has 0 saturated carbocycles. The molecule has 0 fully saturated rings. The van der Waals surface area contributed by atoms with Crippen molar-refractivity contribution in [2.45, 2.75) is 32.2 Å². The van der Waals surface area contributed by atoms with Crippen LogP contribution in [0.25, 0.3) is 0 Å². The molecule has 1 atom stereocenters. The summed E-state index contributed by atoms with van der Waals surface area (Å²) < 4.78 is 11.5. The topological polar surface area (TPSA) is 56.5 Å². The third-order valence-electron chi connectivity index (χ3n) is 2.98. The Morgan fingerprint density at radius 2 is 2.21 bits per heavy atom. The molecule has 5 heteroatoms. The van der Waals surface area contributed by atoms with Crippen molar-refractivity contribution in [3.63, 3.8) is 0 Å². The summed E-state index contributed by atoms with van der Waals surface area (Å²) in [4.78, 5) is 0. The highest BCUT2D eigenvalue weighted by molar-refractivity contribution is 9.10. The van der Waals surface area contributed by atoms with Crippen LogP contribution in [0, 0.1) is 0 Å². The average molecular weight is 331 g/mol. The number of hydrogen-bond donors (Lipinski definition) is 2. The van der Waals surface area contributed by atoms with Gasteiger partial charge in [0.2, 0.25) is 0 Å². The van der Waals surface area contributed by atoms with Crippen molar-refractivity contribution in [2.24, 2.45) is 5.84 Å². The number of methoxy groups -OCH3 is 1. The van der Waals surface area contributed by atoms with E-state index >= 15 is 0 Å². The van der Waals surface area contributed by atoms with E-state index in [1.165, 1.54) is 5.56 Å². The molecule has 1 aromatic carbocycles. The maximum Gasteiger partial charge on any atom is 0.133 e. The minimum absolute atomic E-state index is 0.265. The molecular weight excluding hydrogens is 308 g/mol. The van der Waals surface area contributed by atoms with Crippen LogP contribution < -0.4 is 16.0 Å². The Kier molecular flexibility index (Phi) is 8.05. The molecule has 0 radical (unpaired) electrons. The Morgan fingerprint density at radius 1 is 1.42 bits per heavy atom. The lowest BCUT2D eigenvalue weighted by atomic mass is 10.0. The van der Waals surface area contributed by atoms with E-state index in [1.807, 2.05) is 13.0 Å². The van der Waals surface area contributed by atoms with Gasteiger partial charge in [0.25, 0.3) is 0 Å². The third-order valence-corrected chi connectivity index (χ3v) is 3.60. The van der Waals surface area contributed by atoms with Crippen molar-refractivity contribution in [1.29, 1.82) is 0 Å². The van der Waals surface area contributed by atoms with Gasteiger partial charge in [-0.3, -0.25) is 11.3 Å². The molecule has 0 aliphatic rings. The summed E-state index contributed by atoms with van der Waals surface area (Å²) in [7, 11) is 1.66. The highest BCUT2D eigenvalue weighted by atomic mass is 79.9. The van der Waals surface area contributed by atoms with E-state index in [4.69, 9.17) is 15.3 Å². The van der Waals surface area contributed by atoms with E-state index in [-0.39, 0.29) is 6.04 Å². The second-order valence-corrected chi connectivity index (χ2v) is 5.23. The lowest BCUT2D eigenvalue weighted by Crippen LogP contribution is -2.36. The van der Waals surface area contributed by atoms with Crippen LogP contribution in [0.2, 0.25) is 0 Å². The van der Waals surface area contributed by atoms with Gasteiger partial charge in [0, 0.05) is 19.3 Å². The van der Waals surface area contributed by atoms with Gasteiger partial charge in [-0.25, -0.2) is 0 Å². The quantitative estimate of drug-likeness (QED) is 0.415. The number of rotatable bonds is 9. The van der Waals surface area contributed by atoms with Gasteiger partial charge in [-0.15, -0.1) is 0 Å². The van der Waals surface area contributed by atoms with Crippen LogP contribution in [-0.4, -0.2) is 26.4 Å². The molecule has 19 heavy (non-hydrogen) atoms. The number of ether oxygens (including phenoxy) is 2. The first-order chi connectivity index (χ1) is 9.21. The standard InChI is InChI=1S/C14H23BrN2O2/c1-3-19-8-4-5-12(17-16)9-11-6-7-14(18-2)13(15)10-11/h6-7,10,12,17H,3-5,8-9,16H2,1-2H3. The first-order valence-corrected chi connectivity index (χ1v) is 7.36. The van der Waals surface area contributed by atoms with Crippen LogP contribution in [0.1, 0.15) is 25.3 Å². The smallest absolute Gasteiger partial charge is 0.133 e. The molecule has 4 nitrogen and oxygen atoms in total. The summed E-state index contributed by atoms with van der Waals surface area (Å²) >= 11 is 3.50. The summed E-state index contributed by atoms with van der Waals surface area (Å²) in [6.45, 7) is 3.57. The van der Waals surface area contributed by atoms with Crippen molar-refractivity contribution >= 4 is 15.9 Å². The van der Waals surface area contributed by atoms with Crippen molar-refractivity contribution < 1.29 is 9.47 Å². The zero-order chi connectivity index (χ0) is 14.1. The second-order valence-electron chi connectivity index (χ2n) is 4.38. The predicted molar refractivity (Wildman–Crippen MR) is 81.2 cm³/mol. The Morgan fingerprint density at radius 3 is 2.79 bits per heavy atom. The van der Waals surface area contributed by atoms with Gasteiger partial charge < -0.3 is 9.47 Å². The number of nitrogens with one attached hydrogen (secondary N) is 1. The van der Waals surface area contributed by atoms with Crippen LogP contribution >= 0.6 is 15.9 Å². The Labute approximate surface area is 123 Å². The summed E-state index contributed by atoms with van der Waals surface area (Å²) in [5.41, 5.74) is 4.10. The average Bonchev–Trinajstić information content (AvgIpc) is 2.42. The third kappa shape index (κ3) is 5.91. The molecule has 0 aliphatic heterocycles. The largest absolute Gasteiger partial charge is 0.496 e. The zero-order valence-electron chi connectivity index (χ0n) is 11.6. The van der Waals surface area contributed by atoms with Crippen LogP contribution in [0.3, 0.4) is 0 Å². The van der Waals surface area contributed by atoms with Gasteiger partial charge in [-0.2, -0.15) is 0 Å². The highest BCUT2D eigenvalue weighted by Gasteiger charge is 2.09. The van der Waals surface area contributed by atoms with Gasteiger partial charge in [-0.05, 0) is 59.8 Å². The van der Waals surface area contributed by atoms with Gasteiger partial charge in [0.15, 0.2) is 0 Å². The molecule has 1 unspecified atom stereocenters. The SMILES string of the molecule is CCOCCCC(Cc1ccc(OC)c(Br)c1)NN. The maximum atomic E-state index is 5.60. The Balaban J connectivity index is 2.48. The minimum atomic E-state index is 0.265. The van der Waals surface area contributed by atoms with Gasteiger partial charge in [0.1, 0.15) is 5.75 Å². The van der Waals surface area contributed by atoms with Crippen LogP contribution in [0.5, 0.6) is 5.75 Å². The van der Waals surface area contributed by atoms with Crippen molar-refractivity contribution in [2.75, 3.05) is 20.3 Å². The number of halogens is 1. The van der Waals surface area contributed by atoms with Gasteiger partial charge >= 0.3 is 0 Å². The number of hydrazine groups is 1. The van der Waals surface area contributed by atoms with Gasteiger partial charge in [0.05, 0.1) is 11.6 Å². The molecule has 0 bridgehead atoms. The van der Waals surface area contributed by atoms with Crippen LogP contribution in [-0.2, 0) is 11.2 Å². The lowest BCUT2D eigenvalue weighted by Gasteiger charge is -2.16. The molecule has 108 valence electrons. The minimum Gasteiger partial charge on any atom is -0.496 e. The fourth-order valence-electron chi connectivity index (χ4n) is 1.94. The first kappa shape index (κ1) is 16.4. The molecule has 0 aliphatic carbocycles. The first-order valence-electron chi connectivity index (χ1n) is 6.57. The van der Waals surface area contributed by atoms with Crippen LogP contribution in [0.15, 0.2) is 22.7 Å². The van der Waals surface area contributed by atoms with E-state index in [0.717, 1.165) is 42.7 Å². The molecule has 0 aromatic heterocycles. The summed E-state index contributed by atoms with van der Waals surface area (Å²) in [5, 5.41) is 0. The Hall–Kier alpha value is -0.620. The fourth-order valence-corrected chi connectivity index (χ4v) is 2.53. The predicted octanol–water partition coefficient (Wildman–Crippen LogP) is 2.65. The number of benzene rings is 1. The molecule has 0 spiro atoms. The van der Waals surface area contributed by atoms with E-state index in [0.29, 0.717) is 0 Å². The van der Waals surface area contributed by atoms with Crippen molar-refractivity contribution in [1.82, 2.24) is 5.43 Å². The fraction of sp³-hybridized carbons (Fsp3) is 0.571. The second kappa shape index (κ2) is 9.31. The molecule has 0 amide bonds. The normalized spacial score (nSPS) is 12.4. The van der Waals surface area contributed by atoms with Crippen molar-refractivity contribution in [3.8, 4) is 5.75 Å². The zero-order valence-corrected chi connectivity index (χ0v) is 13.2. The molecule has 3 N–H and O–H groups in total.